The maximum atomic E-state index is 9.72. The SMILES string of the molecule is OC1CCCC(Cc2csc3ccccc23)C1. The molecular formula is C15H18OS. The lowest BCUT2D eigenvalue weighted by Crippen LogP contribution is -2.20. The molecule has 1 saturated carbocycles. The van der Waals surface area contributed by atoms with Crippen LogP contribution in [0.2, 0.25) is 0 Å². The quantitative estimate of drug-likeness (QED) is 0.849. The molecule has 2 aromatic rings. The molecule has 1 aliphatic rings. The Balaban J connectivity index is 1.80. The van der Waals surface area contributed by atoms with Crippen LogP contribution in [0.15, 0.2) is 29.6 Å². The average Bonchev–Trinajstić information content (AvgIpc) is 2.73. The zero-order valence-electron chi connectivity index (χ0n) is 9.93. The van der Waals surface area contributed by atoms with Crippen molar-refractivity contribution in [3.05, 3.63) is 35.2 Å². The molecule has 1 N–H and O–H groups in total. The topological polar surface area (TPSA) is 20.2 Å². The van der Waals surface area contributed by atoms with E-state index in [1.807, 2.05) is 11.3 Å². The smallest absolute Gasteiger partial charge is 0.0543 e. The number of aliphatic hydroxyl groups is 1. The highest BCUT2D eigenvalue weighted by molar-refractivity contribution is 7.17. The van der Waals surface area contributed by atoms with Crippen LogP contribution in [-0.2, 0) is 6.42 Å². The largest absolute Gasteiger partial charge is 0.393 e. The Labute approximate surface area is 106 Å². The van der Waals surface area contributed by atoms with E-state index >= 15 is 0 Å². The second-order valence-corrected chi connectivity index (χ2v) is 6.06. The summed E-state index contributed by atoms with van der Waals surface area (Å²) in [6.45, 7) is 0. The van der Waals surface area contributed by atoms with Crippen LogP contribution in [0.4, 0.5) is 0 Å². The van der Waals surface area contributed by atoms with E-state index in [-0.39, 0.29) is 6.10 Å². The molecule has 0 spiro atoms. The molecule has 1 heterocycles. The highest BCUT2D eigenvalue weighted by Gasteiger charge is 2.21. The lowest BCUT2D eigenvalue weighted by Gasteiger charge is -2.25. The molecule has 0 amide bonds. The number of fused-ring (bicyclic) bond motifs is 1. The molecule has 1 aliphatic carbocycles. The van der Waals surface area contributed by atoms with Crippen molar-refractivity contribution in [1.82, 2.24) is 0 Å². The molecule has 1 fully saturated rings. The van der Waals surface area contributed by atoms with Gasteiger partial charge in [0.1, 0.15) is 0 Å². The van der Waals surface area contributed by atoms with Gasteiger partial charge in [-0.1, -0.05) is 24.6 Å². The number of hydrogen-bond donors (Lipinski definition) is 1. The fraction of sp³-hybridized carbons (Fsp3) is 0.467. The molecule has 0 radical (unpaired) electrons. The molecule has 1 nitrogen and oxygen atoms in total. The normalized spacial score (nSPS) is 25.2. The zero-order chi connectivity index (χ0) is 11.7. The van der Waals surface area contributed by atoms with E-state index in [1.165, 1.54) is 28.5 Å². The van der Waals surface area contributed by atoms with Crippen molar-refractivity contribution in [2.75, 3.05) is 0 Å². The van der Waals surface area contributed by atoms with E-state index in [0.717, 1.165) is 19.3 Å². The van der Waals surface area contributed by atoms with Gasteiger partial charge in [-0.3, -0.25) is 0 Å². The van der Waals surface area contributed by atoms with E-state index in [0.29, 0.717) is 5.92 Å². The number of benzene rings is 1. The highest BCUT2D eigenvalue weighted by Crippen LogP contribution is 2.32. The first-order valence-electron chi connectivity index (χ1n) is 6.46. The second-order valence-electron chi connectivity index (χ2n) is 5.15. The van der Waals surface area contributed by atoms with Gasteiger partial charge >= 0.3 is 0 Å². The van der Waals surface area contributed by atoms with Crippen molar-refractivity contribution in [1.29, 1.82) is 0 Å². The molecule has 0 saturated heterocycles. The molecule has 1 aromatic heterocycles. The van der Waals surface area contributed by atoms with Gasteiger partial charge < -0.3 is 5.11 Å². The summed E-state index contributed by atoms with van der Waals surface area (Å²) in [5.74, 6) is 0.678. The number of hydrogen-bond acceptors (Lipinski definition) is 2. The van der Waals surface area contributed by atoms with E-state index < -0.39 is 0 Å². The predicted octanol–water partition coefficient (Wildman–Crippen LogP) is 3.99. The third-order valence-electron chi connectivity index (χ3n) is 3.82. The van der Waals surface area contributed by atoms with Gasteiger partial charge in [-0.2, -0.15) is 0 Å². The van der Waals surface area contributed by atoms with Crippen molar-refractivity contribution in [3.8, 4) is 0 Å². The van der Waals surface area contributed by atoms with E-state index in [1.54, 1.807) is 0 Å². The van der Waals surface area contributed by atoms with Crippen LogP contribution < -0.4 is 0 Å². The van der Waals surface area contributed by atoms with Gasteiger partial charge in [0.2, 0.25) is 0 Å². The summed E-state index contributed by atoms with van der Waals surface area (Å²) in [4.78, 5) is 0. The Bertz CT molecular complexity index is 502. The van der Waals surface area contributed by atoms with Gasteiger partial charge in [-0.15, -0.1) is 11.3 Å². The standard InChI is InChI=1S/C15H18OS/c16-13-5-3-4-11(9-13)8-12-10-17-15-7-2-1-6-14(12)15/h1-2,6-7,10-11,13,16H,3-5,8-9H2. The maximum Gasteiger partial charge on any atom is 0.0543 e. The van der Waals surface area contributed by atoms with Gasteiger partial charge in [-0.25, -0.2) is 0 Å². The van der Waals surface area contributed by atoms with Crippen LogP contribution >= 0.6 is 11.3 Å². The zero-order valence-corrected chi connectivity index (χ0v) is 10.7. The Morgan fingerprint density at radius 3 is 3.00 bits per heavy atom. The molecule has 2 heteroatoms. The Hall–Kier alpha value is -0.860. The van der Waals surface area contributed by atoms with Crippen LogP contribution in [0.1, 0.15) is 31.2 Å². The molecule has 3 rings (SSSR count). The molecule has 17 heavy (non-hydrogen) atoms. The predicted molar refractivity (Wildman–Crippen MR) is 73.5 cm³/mol. The summed E-state index contributed by atoms with van der Waals surface area (Å²) in [6, 6.07) is 8.64. The molecule has 0 aliphatic heterocycles. The molecule has 2 atom stereocenters. The van der Waals surface area contributed by atoms with E-state index in [2.05, 4.69) is 29.6 Å². The highest BCUT2D eigenvalue weighted by atomic mass is 32.1. The minimum atomic E-state index is -0.0568. The Kier molecular flexibility index (Phi) is 3.17. The molecule has 2 unspecified atom stereocenters. The van der Waals surface area contributed by atoms with E-state index in [9.17, 15) is 5.11 Å². The lowest BCUT2D eigenvalue weighted by atomic mass is 9.83. The molecular weight excluding hydrogens is 228 g/mol. The minimum Gasteiger partial charge on any atom is -0.393 e. The summed E-state index contributed by atoms with van der Waals surface area (Å²) in [7, 11) is 0. The molecule has 1 aromatic carbocycles. The van der Waals surface area contributed by atoms with Crippen LogP contribution in [0.3, 0.4) is 0 Å². The maximum absolute atomic E-state index is 9.72. The average molecular weight is 246 g/mol. The number of rotatable bonds is 2. The Morgan fingerprint density at radius 2 is 2.12 bits per heavy atom. The molecule has 90 valence electrons. The molecule has 0 bridgehead atoms. The van der Waals surface area contributed by atoms with Gasteiger partial charge in [0, 0.05) is 4.70 Å². The first-order chi connectivity index (χ1) is 8.33. The van der Waals surface area contributed by atoms with Crippen LogP contribution in [0.25, 0.3) is 10.1 Å². The first-order valence-corrected chi connectivity index (χ1v) is 7.34. The van der Waals surface area contributed by atoms with Crippen LogP contribution in [-0.4, -0.2) is 11.2 Å². The van der Waals surface area contributed by atoms with Crippen molar-refractivity contribution >= 4 is 21.4 Å². The van der Waals surface area contributed by atoms with Crippen molar-refractivity contribution in [2.45, 2.75) is 38.2 Å². The summed E-state index contributed by atoms with van der Waals surface area (Å²) in [6.07, 6.45) is 5.54. The fourth-order valence-electron chi connectivity index (χ4n) is 2.95. The van der Waals surface area contributed by atoms with Crippen LogP contribution in [0.5, 0.6) is 0 Å². The minimum absolute atomic E-state index is 0.0568. The van der Waals surface area contributed by atoms with Crippen molar-refractivity contribution in [3.63, 3.8) is 0 Å². The monoisotopic (exact) mass is 246 g/mol. The summed E-state index contributed by atoms with van der Waals surface area (Å²) in [5, 5.41) is 13.4. The fourth-order valence-corrected chi connectivity index (χ4v) is 3.93. The van der Waals surface area contributed by atoms with Crippen molar-refractivity contribution < 1.29 is 5.11 Å². The van der Waals surface area contributed by atoms with Crippen LogP contribution in [0, 0.1) is 5.92 Å². The van der Waals surface area contributed by atoms with Gasteiger partial charge in [0.05, 0.1) is 6.10 Å². The summed E-state index contributed by atoms with van der Waals surface area (Å²) < 4.78 is 1.39. The number of aliphatic hydroxyl groups excluding tert-OH is 1. The first kappa shape index (κ1) is 11.2. The van der Waals surface area contributed by atoms with Gasteiger partial charge in [0.25, 0.3) is 0 Å². The van der Waals surface area contributed by atoms with Gasteiger partial charge in [0.15, 0.2) is 0 Å². The van der Waals surface area contributed by atoms with Gasteiger partial charge in [-0.05, 0) is 54.0 Å². The van der Waals surface area contributed by atoms with E-state index in [4.69, 9.17) is 0 Å². The summed E-state index contributed by atoms with van der Waals surface area (Å²) in [5.41, 5.74) is 1.48. The third kappa shape index (κ3) is 2.38. The lowest BCUT2D eigenvalue weighted by molar-refractivity contribution is 0.101. The Morgan fingerprint density at radius 1 is 1.24 bits per heavy atom. The second kappa shape index (κ2) is 4.79. The summed E-state index contributed by atoms with van der Waals surface area (Å²) >= 11 is 1.84. The van der Waals surface area contributed by atoms with Crippen molar-refractivity contribution in [2.24, 2.45) is 5.92 Å². The third-order valence-corrected chi connectivity index (χ3v) is 4.84. The number of thiophene rings is 1.